The molecule has 0 saturated heterocycles. The fraction of sp³-hybridized carbons (Fsp3) is 0.278. The molecule has 1 saturated carbocycles. The van der Waals surface area contributed by atoms with E-state index in [9.17, 15) is 8.42 Å². The molecule has 0 bridgehead atoms. The fourth-order valence-corrected chi connectivity index (χ4v) is 3.66. The Balaban J connectivity index is 1.78. The van der Waals surface area contributed by atoms with Crippen molar-refractivity contribution in [3.05, 3.63) is 47.7 Å². The summed E-state index contributed by atoms with van der Waals surface area (Å²) in [5, 5.41) is -0.240. The van der Waals surface area contributed by atoms with Gasteiger partial charge in [-0.25, -0.2) is 18.1 Å². The second-order valence-electron chi connectivity index (χ2n) is 5.84. The number of hydrogen-bond donors (Lipinski definition) is 2. The van der Waals surface area contributed by atoms with E-state index < -0.39 is 10.0 Å². The zero-order valence-electron chi connectivity index (χ0n) is 13.4. The summed E-state index contributed by atoms with van der Waals surface area (Å²) < 4.78 is 26.0. The predicted octanol–water partition coefficient (Wildman–Crippen LogP) is 2.07. The molecule has 1 aliphatic carbocycles. The molecule has 0 aliphatic heterocycles. The first-order valence-electron chi connectivity index (χ1n) is 7.76. The van der Waals surface area contributed by atoms with Crippen molar-refractivity contribution in [3.63, 3.8) is 0 Å². The molecule has 1 fully saturated rings. The Labute approximate surface area is 142 Å². The minimum atomic E-state index is -3.21. The molecule has 1 heterocycles. The van der Waals surface area contributed by atoms with Crippen LogP contribution in [0, 0.1) is 18.8 Å². The Morgan fingerprint density at radius 2 is 2.08 bits per heavy atom. The maximum atomic E-state index is 11.7. The van der Waals surface area contributed by atoms with Gasteiger partial charge >= 0.3 is 0 Å². The summed E-state index contributed by atoms with van der Waals surface area (Å²) in [6.45, 7) is 2.11. The van der Waals surface area contributed by atoms with Crippen LogP contribution in [-0.2, 0) is 10.0 Å². The van der Waals surface area contributed by atoms with E-state index in [-0.39, 0.29) is 11.8 Å². The smallest absolute Gasteiger partial charge is 0.215 e. The van der Waals surface area contributed by atoms with E-state index in [1.54, 1.807) is 6.20 Å². The number of anilines is 1. The molecular formula is C18H19N3O2S. The quantitative estimate of drug-likeness (QED) is 0.834. The lowest BCUT2D eigenvalue weighted by Gasteiger charge is -2.07. The molecule has 1 aliphatic rings. The zero-order valence-corrected chi connectivity index (χ0v) is 14.2. The molecule has 5 nitrogen and oxygen atoms in total. The zero-order chi connectivity index (χ0) is 17.2. The van der Waals surface area contributed by atoms with Gasteiger partial charge in [0.2, 0.25) is 10.0 Å². The molecule has 6 heteroatoms. The maximum absolute atomic E-state index is 11.7. The summed E-state index contributed by atoms with van der Waals surface area (Å²) in [5.74, 6) is 6.06. The Morgan fingerprint density at radius 3 is 2.79 bits per heavy atom. The van der Waals surface area contributed by atoms with E-state index in [1.165, 1.54) is 0 Å². The summed E-state index contributed by atoms with van der Waals surface area (Å²) in [6.07, 6.45) is 3.19. The number of nitrogen functional groups attached to an aromatic ring is 1. The third kappa shape index (κ3) is 3.75. The van der Waals surface area contributed by atoms with Crippen LogP contribution in [0.3, 0.4) is 0 Å². The summed E-state index contributed by atoms with van der Waals surface area (Å²) in [4.78, 5) is 4.20. The normalized spacial score (nSPS) is 14.0. The van der Waals surface area contributed by atoms with Crippen LogP contribution in [0.5, 0.6) is 0 Å². The minimum Gasteiger partial charge on any atom is -0.383 e. The van der Waals surface area contributed by atoms with Crippen molar-refractivity contribution < 1.29 is 8.42 Å². The Morgan fingerprint density at radius 1 is 1.33 bits per heavy atom. The van der Waals surface area contributed by atoms with Crippen LogP contribution >= 0.6 is 0 Å². The van der Waals surface area contributed by atoms with Crippen LogP contribution in [0.1, 0.15) is 24.0 Å². The van der Waals surface area contributed by atoms with E-state index in [4.69, 9.17) is 5.73 Å². The van der Waals surface area contributed by atoms with Crippen LogP contribution in [0.15, 0.2) is 36.5 Å². The third-order valence-corrected chi connectivity index (χ3v) is 5.82. The van der Waals surface area contributed by atoms with Crippen LogP contribution in [0.4, 0.5) is 5.82 Å². The molecule has 1 aromatic heterocycles. The molecule has 0 radical (unpaired) electrons. The van der Waals surface area contributed by atoms with Gasteiger partial charge in [-0.2, -0.15) is 0 Å². The molecule has 3 N–H and O–H groups in total. The molecule has 0 spiro atoms. The molecule has 0 atom stereocenters. The molecule has 0 unspecified atom stereocenters. The third-order valence-electron chi connectivity index (χ3n) is 3.92. The second kappa shape index (κ2) is 6.63. The first kappa shape index (κ1) is 16.5. The molecule has 124 valence electrons. The highest BCUT2D eigenvalue weighted by atomic mass is 32.2. The first-order chi connectivity index (χ1) is 11.5. The Hall–Kier alpha value is -2.36. The highest BCUT2D eigenvalue weighted by molar-refractivity contribution is 7.90. The van der Waals surface area contributed by atoms with Gasteiger partial charge in [0.25, 0.3) is 0 Å². The van der Waals surface area contributed by atoms with E-state index in [0.717, 1.165) is 29.5 Å². The summed E-state index contributed by atoms with van der Waals surface area (Å²) >= 11 is 0. The van der Waals surface area contributed by atoms with Gasteiger partial charge in [0.05, 0.1) is 17.4 Å². The number of aryl methyl sites for hydroxylation is 1. The van der Waals surface area contributed by atoms with Gasteiger partial charge in [0.15, 0.2) is 0 Å². The van der Waals surface area contributed by atoms with Crippen molar-refractivity contribution in [3.8, 4) is 23.0 Å². The minimum absolute atomic E-state index is 0.0763. The Bertz CT molecular complexity index is 923. The lowest BCUT2D eigenvalue weighted by Crippen LogP contribution is -2.27. The van der Waals surface area contributed by atoms with E-state index in [1.807, 2.05) is 37.3 Å². The molecule has 3 rings (SSSR count). The molecule has 0 amide bonds. The summed E-state index contributed by atoms with van der Waals surface area (Å²) in [7, 11) is -3.21. The molecule has 1 aromatic carbocycles. The maximum Gasteiger partial charge on any atom is 0.215 e. The van der Waals surface area contributed by atoms with Crippen molar-refractivity contribution in [2.75, 3.05) is 12.3 Å². The topological polar surface area (TPSA) is 85.1 Å². The van der Waals surface area contributed by atoms with Crippen LogP contribution in [0.25, 0.3) is 11.1 Å². The van der Waals surface area contributed by atoms with Crippen LogP contribution in [0.2, 0.25) is 0 Å². The molecular weight excluding hydrogens is 322 g/mol. The number of hydrogen-bond acceptors (Lipinski definition) is 4. The number of pyridine rings is 1. The van der Waals surface area contributed by atoms with Crippen molar-refractivity contribution >= 4 is 15.8 Å². The monoisotopic (exact) mass is 341 g/mol. The van der Waals surface area contributed by atoms with Gasteiger partial charge in [0.1, 0.15) is 5.82 Å². The van der Waals surface area contributed by atoms with Crippen molar-refractivity contribution in [1.29, 1.82) is 0 Å². The van der Waals surface area contributed by atoms with Gasteiger partial charge in [0, 0.05) is 11.8 Å². The number of rotatable bonds is 4. The largest absolute Gasteiger partial charge is 0.383 e. The Kier molecular flexibility index (Phi) is 4.56. The SMILES string of the molecule is Cc1ccccc1-c1cnc(N)c(C#CCNS(=O)(=O)C2CC2)c1. The lowest BCUT2D eigenvalue weighted by atomic mass is 10.0. The van der Waals surface area contributed by atoms with Crippen LogP contribution in [-0.4, -0.2) is 25.2 Å². The number of aromatic nitrogens is 1. The van der Waals surface area contributed by atoms with Crippen molar-refractivity contribution in [2.45, 2.75) is 25.0 Å². The fourth-order valence-electron chi connectivity index (χ4n) is 2.39. The van der Waals surface area contributed by atoms with Gasteiger partial charge in [-0.15, -0.1) is 0 Å². The van der Waals surface area contributed by atoms with Crippen molar-refractivity contribution in [2.24, 2.45) is 0 Å². The van der Waals surface area contributed by atoms with Crippen molar-refractivity contribution in [1.82, 2.24) is 9.71 Å². The lowest BCUT2D eigenvalue weighted by molar-refractivity contribution is 0.584. The molecule has 24 heavy (non-hydrogen) atoms. The average molecular weight is 341 g/mol. The van der Waals surface area contributed by atoms with E-state index >= 15 is 0 Å². The standard InChI is InChI=1S/C18H19N3O2S/c1-13-5-2-3-7-17(13)15-11-14(18(19)20-12-15)6-4-10-21-24(22,23)16-8-9-16/h2-3,5,7,11-12,16,21H,8-10H2,1H3,(H2,19,20). The highest BCUT2D eigenvalue weighted by Gasteiger charge is 2.34. The summed E-state index contributed by atoms with van der Waals surface area (Å²) in [5.41, 5.74) is 9.62. The van der Waals surface area contributed by atoms with Crippen LogP contribution < -0.4 is 10.5 Å². The average Bonchev–Trinajstić information content (AvgIpc) is 3.39. The highest BCUT2D eigenvalue weighted by Crippen LogP contribution is 2.27. The predicted molar refractivity (Wildman–Crippen MR) is 95.6 cm³/mol. The van der Waals surface area contributed by atoms with Gasteiger partial charge in [-0.05, 0) is 37.0 Å². The van der Waals surface area contributed by atoms with Gasteiger partial charge < -0.3 is 5.73 Å². The second-order valence-corrected chi connectivity index (χ2v) is 7.88. The van der Waals surface area contributed by atoms with E-state index in [2.05, 4.69) is 21.5 Å². The van der Waals surface area contributed by atoms with Gasteiger partial charge in [-0.1, -0.05) is 36.1 Å². The van der Waals surface area contributed by atoms with Gasteiger partial charge in [-0.3, -0.25) is 0 Å². The first-order valence-corrected chi connectivity index (χ1v) is 9.31. The number of nitrogens with two attached hydrogens (primary N) is 1. The number of nitrogens with zero attached hydrogens (tertiary/aromatic N) is 1. The number of nitrogens with one attached hydrogen (secondary N) is 1. The molecule has 2 aromatic rings. The number of sulfonamides is 1. The number of benzene rings is 1. The summed E-state index contributed by atoms with van der Waals surface area (Å²) in [6, 6.07) is 9.88. The van der Waals surface area contributed by atoms with E-state index in [0.29, 0.717) is 11.4 Å².